The van der Waals surface area contributed by atoms with Crippen LogP contribution < -0.4 is 5.32 Å². The van der Waals surface area contributed by atoms with Gasteiger partial charge in [0.15, 0.2) is 0 Å². The average molecular weight is 391 g/mol. The number of hydrogen-bond acceptors (Lipinski definition) is 3. The quantitative estimate of drug-likeness (QED) is 0.697. The Hall–Kier alpha value is -2.41. The van der Waals surface area contributed by atoms with Gasteiger partial charge < -0.3 is 10.4 Å². The van der Waals surface area contributed by atoms with Gasteiger partial charge >= 0.3 is 5.97 Å². The lowest BCUT2D eigenvalue weighted by atomic mass is 10.0. The van der Waals surface area contributed by atoms with Crippen molar-refractivity contribution < 1.29 is 23.5 Å². The molecule has 0 bridgehead atoms. The molecule has 0 radical (unpaired) electrons. The lowest BCUT2D eigenvalue weighted by molar-refractivity contribution is -0.137. The van der Waals surface area contributed by atoms with Crippen LogP contribution in [-0.2, 0) is 9.59 Å². The van der Waals surface area contributed by atoms with Crippen LogP contribution in [0, 0.1) is 17.6 Å². The highest BCUT2D eigenvalue weighted by Gasteiger charge is 2.46. The third kappa shape index (κ3) is 4.66. The van der Waals surface area contributed by atoms with E-state index in [4.69, 9.17) is 5.11 Å². The minimum atomic E-state index is -1.03. The second-order valence-corrected chi connectivity index (χ2v) is 7.43. The van der Waals surface area contributed by atoms with E-state index in [-0.39, 0.29) is 23.8 Å². The average Bonchev–Trinajstić information content (AvgIpc) is 3.43. The molecule has 1 aliphatic carbocycles. The zero-order valence-corrected chi connectivity index (χ0v) is 15.4. The summed E-state index contributed by atoms with van der Waals surface area (Å²) in [6, 6.07) is 9.84. The largest absolute Gasteiger partial charge is 0.481 e. The first-order chi connectivity index (χ1) is 12.9. The Balaban J connectivity index is 1.71. The van der Waals surface area contributed by atoms with E-state index in [1.165, 1.54) is 0 Å². The Bertz CT molecular complexity index is 857. The van der Waals surface area contributed by atoms with Crippen LogP contribution in [0.15, 0.2) is 47.4 Å². The van der Waals surface area contributed by atoms with Gasteiger partial charge in [0.2, 0.25) is 5.91 Å². The molecule has 3 rings (SSSR count). The lowest BCUT2D eigenvalue weighted by Crippen LogP contribution is -2.31. The first kappa shape index (κ1) is 19.4. The van der Waals surface area contributed by atoms with Crippen molar-refractivity contribution >= 4 is 23.6 Å². The number of rotatable bonds is 7. The predicted molar refractivity (Wildman–Crippen MR) is 98.6 cm³/mol. The van der Waals surface area contributed by atoms with Gasteiger partial charge in [-0.15, -0.1) is 11.8 Å². The summed E-state index contributed by atoms with van der Waals surface area (Å²) in [6.07, 6.45) is 2.10. The Morgan fingerprint density at radius 3 is 2.56 bits per heavy atom. The number of carboxylic acids is 1. The Labute approximate surface area is 160 Å². The number of benzene rings is 2. The molecule has 1 aliphatic rings. The van der Waals surface area contributed by atoms with Crippen molar-refractivity contribution in [2.75, 3.05) is 6.26 Å². The summed E-state index contributed by atoms with van der Waals surface area (Å²) in [6.45, 7) is 0. The fourth-order valence-electron chi connectivity index (χ4n) is 3.17. The van der Waals surface area contributed by atoms with Crippen molar-refractivity contribution in [3.05, 3.63) is 65.2 Å². The maximum absolute atomic E-state index is 13.9. The molecule has 1 amide bonds. The minimum Gasteiger partial charge on any atom is -0.481 e. The number of carboxylic acid groups (broad SMARTS) is 1. The number of carbonyl (C=O) groups is 2. The molecule has 2 aromatic rings. The molecule has 1 saturated carbocycles. The van der Waals surface area contributed by atoms with E-state index < -0.39 is 29.6 Å². The third-order valence-electron chi connectivity index (χ3n) is 4.70. The molecule has 0 aliphatic heterocycles. The van der Waals surface area contributed by atoms with Gasteiger partial charge in [0.25, 0.3) is 0 Å². The topological polar surface area (TPSA) is 66.4 Å². The number of halogens is 2. The van der Waals surface area contributed by atoms with E-state index in [9.17, 15) is 18.4 Å². The minimum absolute atomic E-state index is 0.189. The molecule has 7 heteroatoms. The van der Waals surface area contributed by atoms with Crippen LogP contribution in [0.25, 0.3) is 0 Å². The SMILES string of the molecule is CSc1ccc(C(CC(=O)O)NC(=O)C2CC2c2cc(F)ccc2F)cc1. The summed E-state index contributed by atoms with van der Waals surface area (Å²) in [5.74, 6) is -3.32. The number of thioether (sulfide) groups is 1. The molecule has 0 aromatic heterocycles. The highest BCUT2D eigenvalue weighted by atomic mass is 32.2. The zero-order chi connectivity index (χ0) is 19.6. The number of amides is 1. The van der Waals surface area contributed by atoms with E-state index in [1.54, 1.807) is 23.9 Å². The van der Waals surface area contributed by atoms with Crippen LogP contribution in [0.3, 0.4) is 0 Å². The third-order valence-corrected chi connectivity index (χ3v) is 5.44. The van der Waals surface area contributed by atoms with Gasteiger partial charge in [0, 0.05) is 10.8 Å². The van der Waals surface area contributed by atoms with Crippen molar-refractivity contribution in [1.82, 2.24) is 5.32 Å². The maximum atomic E-state index is 13.9. The fraction of sp³-hybridized carbons (Fsp3) is 0.300. The Morgan fingerprint density at radius 1 is 1.22 bits per heavy atom. The van der Waals surface area contributed by atoms with Crippen LogP contribution in [0.4, 0.5) is 8.78 Å². The second-order valence-electron chi connectivity index (χ2n) is 6.55. The summed E-state index contributed by atoms with van der Waals surface area (Å²) in [4.78, 5) is 24.8. The van der Waals surface area contributed by atoms with Gasteiger partial charge in [-0.25, -0.2) is 8.78 Å². The number of aliphatic carboxylic acids is 1. The monoisotopic (exact) mass is 391 g/mol. The fourth-order valence-corrected chi connectivity index (χ4v) is 3.58. The molecular weight excluding hydrogens is 372 g/mol. The highest BCUT2D eigenvalue weighted by Crippen LogP contribution is 2.48. The molecule has 2 N–H and O–H groups in total. The molecule has 0 spiro atoms. The van der Waals surface area contributed by atoms with Crippen LogP contribution in [0.1, 0.15) is 35.9 Å². The molecule has 2 aromatic carbocycles. The normalized spacial score (nSPS) is 19.4. The standard InChI is InChI=1S/C20H19F2NO3S/c1-27-13-5-2-11(3-6-13)18(10-19(24)25)23-20(26)16-9-14(16)15-8-12(21)4-7-17(15)22/h2-8,14,16,18H,9-10H2,1H3,(H,23,26)(H,24,25). The number of hydrogen-bond donors (Lipinski definition) is 2. The molecule has 142 valence electrons. The molecule has 3 atom stereocenters. The molecule has 27 heavy (non-hydrogen) atoms. The highest BCUT2D eigenvalue weighted by molar-refractivity contribution is 7.98. The number of nitrogens with one attached hydrogen (secondary N) is 1. The van der Waals surface area contributed by atoms with Gasteiger partial charge in [-0.1, -0.05) is 12.1 Å². The van der Waals surface area contributed by atoms with Crippen molar-refractivity contribution in [2.24, 2.45) is 5.92 Å². The predicted octanol–water partition coefficient (Wildman–Crippen LogP) is 4.12. The maximum Gasteiger partial charge on any atom is 0.305 e. The molecule has 4 nitrogen and oxygen atoms in total. The summed E-state index contributed by atoms with van der Waals surface area (Å²) >= 11 is 1.56. The van der Waals surface area contributed by atoms with Crippen molar-refractivity contribution in [2.45, 2.75) is 29.7 Å². The van der Waals surface area contributed by atoms with Gasteiger partial charge in [0.1, 0.15) is 11.6 Å². The molecule has 0 saturated heterocycles. The molecular formula is C20H19F2NO3S. The van der Waals surface area contributed by atoms with E-state index in [2.05, 4.69) is 5.32 Å². The first-order valence-electron chi connectivity index (χ1n) is 8.50. The first-order valence-corrected chi connectivity index (χ1v) is 9.72. The molecule has 1 fully saturated rings. The molecule has 3 unspecified atom stereocenters. The van der Waals surface area contributed by atoms with E-state index >= 15 is 0 Å². The van der Waals surface area contributed by atoms with Crippen molar-refractivity contribution in [3.8, 4) is 0 Å². The van der Waals surface area contributed by atoms with Crippen LogP contribution in [-0.4, -0.2) is 23.2 Å². The number of carbonyl (C=O) groups excluding carboxylic acids is 1. The van der Waals surface area contributed by atoms with Gasteiger partial charge in [-0.3, -0.25) is 9.59 Å². The van der Waals surface area contributed by atoms with Gasteiger partial charge in [0.05, 0.1) is 12.5 Å². The van der Waals surface area contributed by atoms with Gasteiger partial charge in [-0.2, -0.15) is 0 Å². The summed E-state index contributed by atoms with van der Waals surface area (Å²) in [7, 11) is 0. The van der Waals surface area contributed by atoms with Crippen molar-refractivity contribution in [3.63, 3.8) is 0 Å². The Kier molecular flexibility index (Phi) is 5.79. The van der Waals surface area contributed by atoms with E-state index in [0.29, 0.717) is 12.0 Å². The smallest absolute Gasteiger partial charge is 0.305 e. The zero-order valence-electron chi connectivity index (χ0n) is 14.6. The van der Waals surface area contributed by atoms with E-state index in [0.717, 1.165) is 23.1 Å². The summed E-state index contributed by atoms with van der Waals surface area (Å²) in [5, 5.41) is 11.9. The van der Waals surface area contributed by atoms with Crippen LogP contribution >= 0.6 is 11.8 Å². The summed E-state index contributed by atoms with van der Waals surface area (Å²) < 4.78 is 27.3. The summed E-state index contributed by atoms with van der Waals surface area (Å²) in [5.41, 5.74) is 0.881. The van der Waals surface area contributed by atoms with E-state index in [1.807, 2.05) is 18.4 Å². The second kappa shape index (κ2) is 8.08. The van der Waals surface area contributed by atoms with Crippen LogP contribution in [0.2, 0.25) is 0 Å². The van der Waals surface area contributed by atoms with Crippen LogP contribution in [0.5, 0.6) is 0 Å². The van der Waals surface area contributed by atoms with Gasteiger partial charge in [-0.05, 0) is 60.1 Å². The lowest BCUT2D eigenvalue weighted by Gasteiger charge is -2.18. The van der Waals surface area contributed by atoms with Crippen molar-refractivity contribution in [1.29, 1.82) is 0 Å². The molecule has 0 heterocycles. The Morgan fingerprint density at radius 2 is 1.93 bits per heavy atom.